The smallest absolute Gasteiger partial charge is 0.192 e. The zero-order chi connectivity index (χ0) is 32.7. The summed E-state index contributed by atoms with van der Waals surface area (Å²) in [6, 6.07) is 8.13. The van der Waals surface area contributed by atoms with Gasteiger partial charge in [0.1, 0.15) is 6.10 Å². The van der Waals surface area contributed by atoms with E-state index in [4.69, 9.17) is 42.0 Å². The molecule has 0 atom stereocenters. The highest BCUT2D eigenvalue weighted by molar-refractivity contribution is 6.74. The van der Waals surface area contributed by atoms with E-state index < -0.39 is 16.6 Å². The van der Waals surface area contributed by atoms with Crippen molar-refractivity contribution in [2.75, 3.05) is 79.3 Å². The van der Waals surface area contributed by atoms with Crippen molar-refractivity contribution < 1.29 is 42.0 Å². The van der Waals surface area contributed by atoms with Gasteiger partial charge in [-0.15, -0.1) is 0 Å². The molecule has 1 aliphatic rings. The minimum atomic E-state index is -1.79. The maximum absolute atomic E-state index is 6.23. The van der Waals surface area contributed by atoms with Crippen molar-refractivity contribution in [3.8, 4) is 0 Å². The summed E-state index contributed by atoms with van der Waals surface area (Å²) in [6.07, 6.45) is -0.445. The average molecular weight is 755 g/mol. The van der Waals surface area contributed by atoms with Crippen LogP contribution in [0, 0.1) is 0 Å². The highest BCUT2D eigenvalue weighted by atomic mass is 28.4. The van der Waals surface area contributed by atoms with Crippen LogP contribution in [0.1, 0.15) is 104 Å². The quantitative estimate of drug-likeness (QED) is 0.0848. The second-order valence-electron chi connectivity index (χ2n) is 14.3. The zero-order valence-corrected chi connectivity index (χ0v) is 31.3. The normalized spacial score (nSPS) is 13.7. The molecule has 304 valence electrons. The lowest BCUT2D eigenvalue weighted by Gasteiger charge is -2.36. The van der Waals surface area contributed by atoms with Crippen LogP contribution in [0.25, 0.3) is 0 Å². The molecule has 0 radical (unpaired) electrons. The van der Waals surface area contributed by atoms with E-state index in [1.165, 1.54) is 0 Å². The van der Waals surface area contributed by atoms with Crippen LogP contribution < -0.4 is 0 Å². The van der Waals surface area contributed by atoms with E-state index in [1.54, 1.807) is 0 Å². The van der Waals surface area contributed by atoms with Crippen LogP contribution in [-0.2, 0) is 48.6 Å². The highest BCUT2D eigenvalue weighted by Gasteiger charge is 2.37. The number of hydrogen-bond donors (Lipinski definition) is 0. The lowest BCUT2D eigenvalue weighted by Crippen LogP contribution is -2.42. The van der Waals surface area contributed by atoms with E-state index >= 15 is 0 Å². The minimum Gasteiger partial charge on any atom is -0.414 e. The van der Waals surface area contributed by atoms with Gasteiger partial charge in [-0.05, 0) is 41.8 Å². The van der Waals surface area contributed by atoms with Crippen molar-refractivity contribution in [2.24, 2.45) is 0 Å². The fourth-order valence-corrected chi connectivity index (χ4v) is 5.78. The third kappa shape index (κ3) is 22.4. The summed E-state index contributed by atoms with van der Waals surface area (Å²) in [4.78, 5) is 0. The van der Waals surface area contributed by atoms with Crippen molar-refractivity contribution in [3.05, 3.63) is 35.4 Å². The Balaban J connectivity index is -0.00000112. The Morgan fingerprint density at radius 1 is 0.580 bits per heavy atom. The minimum absolute atomic E-state index is 0. The van der Waals surface area contributed by atoms with Gasteiger partial charge in [0.05, 0.1) is 85.9 Å². The van der Waals surface area contributed by atoms with Crippen LogP contribution in [0.2, 0.25) is 36.3 Å². The molecular weight excluding hydrogens is 669 g/mol. The second kappa shape index (κ2) is 28.8. The molecule has 1 heterocycles. The van der Waals surface area contributed by atoms with E-state index in [0.29, 0.717) is 85.9 Å². The molecule has 1 aromatic rings. The Hall–Kier alpha value is -0.706. The number of benzene rings is 1. The van der Waals surface area contributed by atoms with Crippen molar-refractivity contribution >= 4 is 16.6 Å². The predicted octanol–water partition coefficient (Wildman–Crippen LogP) is 10.5. The molecule has 11 heteroatoms. The summed E-state index contributed by atoms with van der Waals surface area (Å²) in [5.74, 6) is 0. The summed E-state index contributed by atoms with van der Waals surface area (Å²) >= 11 is 0. The molecule has 0 spiro atoms. The predicted molar refractivity (Wildman–Crippen MR) is 220 cm³/mol. The SMILES string of the molecule is C.C.C.C.C.C.CC(C)(C)[Si](C)(C)OCCOCC(COCCO[Si](C)(C)C(C)(C)C)OCCOCCOCc1ccc(C2OCCO2)cc1. The molecule has 50 heavy (non-hydrogen) atoms. The van der Waals surface area contributed by atoms with Crippen LogP contribution in [0.5, 0.6) is 0 Å². The Morgan fingerprint density at radius 3 is 1.42 bits per heavy atom. The first kappa shape index (κ1) is 58.6. The molecule has 0 bridgehead atoms. The van der Waals surface area contributed by atoms with Gasteiger partial charge in [0.2, 0.25) is 0 Å². The molecule has 1 fully saturated rings. The second-order valence-corrected chi connectivity index (χ2v) is 24.0. The highest BCUT2D eigenvalue weighted by Crippen LogP contribution is 2.37. The lowest BCUT2D eigenvalue weighted by atomic mass is 10.1. The Kier molecular flexibility index (Phi) is 33.7. The van der Waals surface area contributed by atoms with Crippen molar-refractivity contribution in [1.29, 1.82) is 0 Å². The molecule has 0 N–H and O–H groups in total. The van der Waals surface area contributed by atoms with Gasteiger partial charge < -0.3 is 42.0 Å². The first-order chi connectivity index (χ1) is 20.6. The van der Waals surface area contributed by atoms with Gasteiger partial charge in [0.15, 0.2) is 22.9 Å². The molecule has 1 saturated heterocycles. The van der Waals surface area contributed by atoms with Gasteiger partial charge in [-0.25, -0.2) is 0 Å². The van der Waals surface area contributed by atoms with Gasteiger partial charge in [-0.1, -0.05) is 110 Å². The average Bonchev–Trinajstić information content (AvgIpc) is 3.48. The summed E-state index contributed by atoms with van der Waals surface area (Å²) in [7, 11) is -3.58. The standard InChI is InChI=1S/C33H62O9Si2.6CH4/c1-32(2,3)43(7,8)41-23-18-36-26-30(27-37-19-24-42-44(9,10)33(4,5)6)38-20-17-34-15-16-35-25-28-11-13-29(14-12-28)31-39-21-22-40-31;;;;;;/h11-14,30-31H,15-27H2,1-10H3;6*1H4. The summed E-state index contributed by atoms with van der Waals surface area (Å²) in [6.45, 7) is 29.3. The van der Waals surface area contributed by atoms with Gasteiger partial charge >= 0.3 is 0 Å². The Bertz CT molecular complexity index is 858. The molecule has 0 aliphatic carbocycles. The third-order valence-corrected chi connectivity index (χ3v) is 17.8. The first-order valence-electron chi connectivity index (χ1n) is 16.1. The van der Waals surface area contributed by atoms with E-state index in [1.807, 2.05) is 24.3 Å². The largest absolute Gasteiger partial charge is 0.414 e. The monoisotopic (exact) mass is 755 g/mol. The molecule has 0 saturated carbocycles. The van der Waals surface area contributed by atoms with Crippen LogP contribution >= 0.6 is 0 Å². The van der Waals surface area contributed by atoms with Crippen molar-refractivity contribution in [3.63, 3.8) is 0 Å². The van der Waals surface area contributed by atoms with Crippen LogP contribution in [0.3, 0.4) is 0 Å². The number of rotatable bonds is 22. The molecule has 0 amide bonds. The Labute approximate surface area is 314 Å². The lowest BCUT2D eigenvalue weighted by molar-refractivity contribution is -0.0803. The maximum Gasteiger partial charge on any atom is 0.192 e. The van der Waals surface area contributed by atoms with Crippen LogP contribution in [-0.4, -0.2) is 102 Å². The van der Waals surface area contributed by atoms with Gasteiger partial charge in [0, 0.05) is 5.56 Å². The van der Waals surface area contributed by atoms with E-state index in [0.717, 1.165) is 11.1 Å². The molecule has 2 rings (SSSR count). The number of ether oxygens (including phenoxy) is 7. The topological polar surface area (TPSA) is 83.1 Å². The molecule has 1 aromatic carbocycles. The van der Waals surface area contributed by atoms with Crippen molar-refractivity contribution in [2.45, 2.75) is 141 Å². The summed E-state index contributed by atoms with van der Waals surface area (Å²) in [5, 5.41) is 0.353. The third-order valence-electron chi connectivity index (χ3n) is 8.70. The Morgan fingerprint density at radius 2 is 0.980 bits per heavy atom. The fraction of sp³-hybridized carbons (Fsp3) is 0.846. The van der Waals surface area contributed by atoms with Crippen LogP contribution in [0.4, 0.5) is 0 Å². The number of hydrogen-bond acceptors (Lipinski definition) is 9. The molecule has 0 aromatic heterocycles. The van der Waals surface area contributed by atoms with Gasteiger partial charge in [-0.2, -0.15) is 0 Å². The van der Waals surface area contributed by atoms with Gasteiger partial charge in [0.25, 0.3) is 0 Å². The van der Waals surface area contributed by atoms with Gasteiger partial charge in [-0.3, -0.25) is 0 Å². The fourth-order valence-electron chi connectivity index (χ4n) is 3.72. The van der Waals surface area contributed by atoms with Crippen LogP contribution in [0.15, 0.2) is 24.3 Å². The summed E-state index contributed by atoms with van der Waals surface area (Å²) in [5.41, 5.74) is 2.13. The zero-order valence-electron chi connectivity index (χ0n) is 29.3. The van der Waals surface area contributed by atoms with Crippen molar-refractivity contribution in [1.82, 2.24) is 0 Å². The molecular formula is C39H86O9Si2. The van der Waals surface area contributed by atoms with E-state index in [-0.39, 0.29) is 67.0 Å². The first-order valence-corrected chi connectivity index (χ1v) is 22.0. The van der Waals surface area contributed by atoms with E-state index in [2.05, 4.69) is 67.7 Å². The summed E-state index contributed by atoms with van der Waals surface area (Å²) < 4.78 is 53.0. The maximum atomic E-state index is 6.23. The molecule has 1 aliphatic heterocycles. The molecule has 0 unspecified atom stereocenters. The van der Waals surface area contributed by atoms with E-state index in [9.17, 15) is 0 Å². The molecule has 9 nitrogen and oxygen atoms in total.